The number of hydrogen-bond acceptors (Lipinski definition) is 14. The van der Waals surface area contributed by atoms with Gasteiger partial charge in [-0.3, -0.25) is 19.9 Å². The standard InChI is InChI=1S/C54H64F10N10O8/c1-51(2,53(59,60)61)44(69-49(78)80-5)46(76)68-41(21-31-10-7-30(8-11-31)9-12-32-13-16-43(67-24-32)72-25-34-14-15-35(26-72)74(34)36-18-20-82-29-36)42(75)28-73(71-47(77)45(70-50(79)81-6)52(3,4)54(62,63)64)27-37-38(55)22-33(23-39(37)56)40(65)17-19-66-48(57)58/h7-8,10-11,13,16-17,19,22-24,34-36,41-42,44-45,48,75H,14-15,18,20-21,25-29,65H2,1-6H3,(H,68,76)(H,69,78)(H,70,79)(H,71,77)/t34?,35?,36-,41-,42-,44+,45+/m0/s1. The number of rotatable bonds is 20. The van der Waals surface area contributed by atoms with E-state index < -0.39 is 126 Å². The van der Waals surface area contributed by atoms with Crippen LogP contribution in [-0.4, -0.2) is 159 Å². The molecule has 18 nitrogen and oxygen atoms in total. The molecule has 0 radical (unpaired) electrons. The fraction of sp³-hybridized carbons (Fsp3) is 0.519. The molecule has 448 valence electrons. The zero-order valence-corrected chi connectivity index (χ0v) is 45.4. The highest BCUT2D eigenvalue weighted by Gasteiger charge is 2.57. The second-order valence-corrected chi connectivity index (χ2v) is 21.0. The number of amides is 4. The monoisotopic (exact) mass is 1170 g/mol. The summed E-state index contributed by atoms with van der Waals surface area (Å²) in [6.07, 6.45) is -9.81. The molecule has 0 spiro atoms. The minimum Gasteiger partial charge on any atom is -0.453 e. The normalized spacial score (nSPS) is 19.5. The number of anilines is 1. The molecule has 28 heteroatoms. The van der Waals surface area contributed by atoms with E-state index in [1.54, 1.807) is 23.6 Å². The second-order valence-electron chi connectivity index (χ2n) is 21.0. The lowest BCUT2D eigenvalue weighted by atomic mass is 9.82. The quantitative estimate of drug-likeness (QED) is 0.0239. The smallest absolute Gasteiger partial charge is 0.407 e. The third kappa shape index (κ3) is 15.9. The number of nitrogens with one attached hydrogen (secondary N) is 4. The predicted octanol–water partition coefficient (Wildman–Crippen LogP) is 6.34. The SMILES string of the molecule is COC(=O)N[C@H](C(=O)N[C@@H](Cc1ccc(C#Cc2ccc(N3CC4CCC(C3)N4[C@H]3CCOC3)nc2)cc1)[C@@H](O)CN(Cc1c(F)cc(C(N)=CC=NC(F)F)cc1F)NC(=O)[C@@H](NC(=O)OC)C(C)(C)C(F)(F)F)C(C)(C)C(F)(F)F. The van der Waals surface area contributed by atoms with Crippen LogP contribution in [0, 0.1) is 34.3 Å². The van der Waals surface area contributed by atoms with Crippen molar-refractivity contribution in [3.05, 3.63) is 100 Å². The minimum absolute atomic E-state index is 0.268. The molecule has 7 N–H and O–H groups in total. The highest BCUT2D eigenvalue weighted by molar-refractivity contribution is 5.87. The molecule has 82 heavy (non-hydrogen) atoms. The molecule has 6 rings (SSSR count). The van der Waals surface area contributed by atoms with Crippen LogP contribution in [0.3, 0.4) is 0 Å². The highest BCUT2D eigenvalue weighted by Crippen LogP contribution is 2.42. The first-order chi connectivity index (χ1) is 38.4. The van der Waals surface area contributed by atoms with Gasteiger partial charge in [0.2, 0.25) is 5.91 Å². The van der Waals surface area contributed by atoms with Crippen molar-refractivity contribution in [1.29, 1.82) is 0 Å². The molecule has 2 bridgehead atoms. The number of aliphatic hydroxyl groups excluding tert-OH is 1. The summed E-state index contributed by atoms with van der Waals surface area (Å²) in [5, 5.41) is 18.5. The number of nitrogens with zero attached hydrogens (tertiary/aromatic N) is 5. The number of benzene rings is 2. The maximum absolute atomic E-state index is 16.0. The number of alkyl carbamates (subject to hydrolysis) is 2. The summed E-state index contributed by atoms with van der Waals surface area (Å²) in [7, 11) is 1.60. The third-order valence-electron chi connectivity index (χ3n) is 14.8. The van der Waals surface area contributed by atoms with E-state index in [0.29, 0.717) is 80.3 Å². The summed E-state index contributed by atoms with van der Waals surface area (Å²) in [5.74, 6) is 0.745. The number of hydrazine groups is 1. The van der Waals surface area contributed by atoms with E-state index in [-0.39, 0.29) is 5.56 Å². The van der Waals surface area contributed by atoms with Crippen molar-refractivity contribution in [3.8, 4) is 11.8 Å². The number of fused-ring (bicyclic) bond motifs is 2. The van der Waals surface area contributed by atoms with E-state index in [1.807, 2.05) is 22.9 Å². The van der Waals surface area contributed by atoms with Crippen LogP contribution in [0.15, 0.2) is 65.8 Å². The molecule has 3 aliphatic heterocycles. The van der Waals surface area contributed by atoms with Gasteiger partial charge in [-0.15, -0.1) is 0 Å². The predicted molar refractivity (Wildman–Crippen MR) is 278 cm³/mol. The topological polar surface area (TPSA) is 225 Å². The number of methoxy groups -OCH3 is 2. The number of hydrogen-bond donors (Lipinski definition) is 6. The number of alkyl halides is 8. The molecule has 3 fully saturated rings. The number of aliphatic imine (C=N–C) groups is 1. The third-order valence-corrected chi connectivity index (χ3v) is 14.8. The Balaban J connectivity index is 1.31. The van der Waals surface area contributed by atoms with E-state index >= 15 is 8.78 Å². The first-order valence-electron chi connectivity index (χ1n) is 25.7. The Morgan fingerprint density at radius 1 is 0.829 bits per heavy atom. The minimum atomic E-state index is -5.23. The number of ether oxygens (including phenoxy) is 3. The Kier molecular flexibility index (Phi) is 20.9. The average Bonchev–Trinajstić information content (AvgIpc) is 3.31. The van der Waals surface area contributed by atoms with Crippen molar-refractivity contribution in [3.63, 3.8) is 0 Å². The van der Waals surface area contributed by atoms with Crippen molar-refractivity contribution in [2.45, 2.75) is 121 Å². The number of carbonyl (C=O) groups excluding carboxylic acids is 4. The zero-order valence-electron chi connectivity index (χ0n) is 45.4. The number of pyridine rings is 1. The molecule has 3 saturated heterocycles. The molecule has 1 aromatic heterocycles. The lowest BCUT2D eigenvalue weighted by Gasteiger charge is -2.44. The fourth-order valence-corrected chi connectivity index (χ4v) is 9.74. The number of aromatic nitrogens is 1. The molecule has 0 aliphatic carbocycles. The average molecular weight is 1170 g/mol. The van der Waals surface area contributed by atoms with E-state index in [4.69, 9.17) is 10.5 Å². The van der Waals surface area contributed by atoms with Crippen molar-refractivity contribution < 1.29 is 82.4 Å². The van der Waals surface area contributed by atoms with E-state index in [1.165, 1.54) is 12.1 Å². The van der Waals surface area contributed by atoms with Gasteiger partial charge in [-0.05, 0) is 101 Å². The van der Waals surface area contributed by atoms with Gasteiger partial charge in [0.1, 0.15) is 29.5 Å². The van der Waals surface area contributed by atoms with Gasteiger partial charge in [0, 0.05) is 91.3 Å². The molecule has 4 heterocycles. The summed E-state index contributed by atoms with van der Waals surface area (Å²) in [6.45, 7) is -0.00134. The number of piperazine rings is 1. The van der Waals surface area contributed by atoms with Gasteiger partial charge >= 0.3 is 31.1 Å². The van der Waals surface area contributed by atoms with Crippen LogP contribution in [0.4, 0.5) is 59.3 Å². The van der Waals surface area contributed by atoms with Crippen LogP contribution in [0.25, 0.3) is 5.70 Å². The molecule has 2 aromatic carbocycles. The first-order valence-corrected chi connectivity index (χ1v) is 25.7. The lowest BCUT2D eigenvalue weighted by Crippen LogP contribution is -2.63. The Bertz CT molecular complexity index is 2820. The van der Waals surface area contributed by atoms with Crippen LogP contribution in [-0.2, 0) is 36.8 Å². The van der Waals surface area contributed by atoms with Gasteiger partial charge < -0.3 is 45.9 Å². The van der Waals surface area contributed by atoms with Crippen LogP contribution >= 0.6 is 0 Å². The van der Waals surface area contributed by atoms with Crippen molar-refractivity contribution in [2.75, 3.05) is 52.0 Å². The summed E-state index contributed by atoms with van der Waals surface area (Å²) in [6, 6.07) is 5.47. The van der Waals surface area contributed by atoms with Gasteiger partial charge in [0.05, 0.1) is 43.8 Å². The number of allylic oxidation sites excluding steroid dienone is 1. The van der Waals surface area contributed by atoms with Crippen molar-refractivity contribution in [2.24, 2.45) is 21.6 Å². The largest absolute Gasteiger partial charge is 0.453 e. The van der Waals surface area contributed by atoms with Gasteiger partial charge in [-0.25, -0.2) is 33.4 Å². The van der Waals surface area contributed by atoms with E-state index in [0.717, 1.165) is 71.7 Å². The molecule has 2 unspecified atom stereocenters. The summed E-state index contributed by atoms with van der Waals surface area (Å²) >= 11 is 0. The number of aliphatic hydroxyl groups is 1. The molecule has 0 saturated carbocycles. The van der Waals surface area contributed by atoms with Gasteiger partial charge in [0.25, 0.3) is 5.91 Å². The Morgan fingerprint density at radius 3 is 1.88 bits per heavy atom. The molecule has 4 amide bonds. The Morgan fingerprint density at radius 2 is 1.38 bits per heavy atom. The first kappa shape index (κ1) is 64.0. The number of carbonyl (C=O) groups is 4. The van der Waals surface area contributed by atoms with Gasteiger partial charge in [-0.2, -0.15) is 35.1 Å². The highest BCUT2D eigenvalue weighted by atomic mass is 19.4. The molecule has 7 atom stereocenters. The maximum Gasteiger partial charge on any atom is 0.407 e. The zero-order chi connectivity index (χ0) is 60.5. The van der Waals surface area contributed by atoms with E-state index in [2.05, 4.69) is 46.4 Å². The summed E-state index contributed by atoms with van der Waals surface area (Å²) in [4.78, 5) is 65.2. The molecular weight excluding hydrogens is 1110 g/mol. The second kappa shape index (κ2) is 26.8. The Labute approximate surface area is 466 Å². The fourth-order valence-electron chi connectivity index (χ4n) is 9.74. The lowest BCUT2D eigenvalue weighted by molar-refractivity contribution is -0.221. The maximum atomic E-state index is 16.0. The number of halogens is 10. The van der Waals surface area contributed by atoms with Crippen LogP contribution in [0.5, 0.6) is 0 Å². The molecule has 3 aromatic rings. The summed E-state index contributed by atoms with van der Waals surface area (Å²) in [5.41, 5.74) is 1.16. The Hall–Kier alpha value is -7.22. The van der Waals surface area contributed by atoms with Crippen LogP contribution < -0.4 is 32.0 Å². The number of nitrogens with two attached hydrogens (primary N) is 1. The van der Waals surface area contributed by atoms with Crippen molar-refractivity contribution >= 4 is 41.7 Å². The van der Waals surface area contributed by atoms with Crippen LogP contribution in [0.2, 0.25) is 0 Å². The van der Waals surface area contributed by atoms with Gasteiger partial charge in [-0.1, -0.05) is 24.0 Å². The van der Waals surface area contributed by atoms with Gasteiger partial charge in [0.15, 0.2) is 0 Å². The molecule has 3 aliphatic rings. The van der Waals surface area contributed by atoms with Crippen molar-refractivity contribution in [1.82, 2.24) is 36.3 Å². The summed E-state index contributed by atoms with van der Waals surface area (Å²) < 4.78 is 159. The molecular formula is C54H64F10N10O8. The van der Waals surface area contributed by atoms with E-state index in [9.17, 15) is 59.4 Å². The van der Waals surface area contributed by atoms with Crippen LogP contribution in [0.1, 0.15) is 74.8 Å².